The molecule has 1 atom stereocenters. The quantitative estimate of drug-likeness (QED) is 0.860. The van der Waals surface area contributed by atoms with Gasteiger partial charge in [-0.15, -0.1) is 0 Å². The Morgan fingerprint density at radius 1 is 1.30 bits per heavy atom. The highest BCUT2D eigenvalue weighted by molar-refractivity contribution is 5.74. The van der Waals surface area contributed by atoms with E-state index >= 15 is 0 Å². The van der Waals surface area contributed by atoms with Gasteiger partial charge < -0.3 is 19.7 Å². The van der Waals surface area contributed by atoms with Crippen molar-refractivity contribution in [3.8, 4) is 0 Å². The number of halogens is 3. The van der Waals surface area contributed by atoms with E-state index < -0.39 is 17.2 Å². The fourth-order valence-corrected chi connectivity index (χ4v) is 2.82. The lowest BCUT2D eigenvalue weighted by Gasteiger charge is -2.44. The van der Waals surface area contributed by atoms with Gasteiger partial charge in [0.2, 0.25) is 0 Å². The number of nitrogens with zero attached hydrogens (tertiary/aromatic N) is 1. The van der Waals surface area contributed by atoms with Crippen molar-refractivity contribution in [3.63, 3.8) is 0 Å². The average Bonchev–Trinajstić information content (AvgIpc) is 2.46. The highest BCUT2D eigenvalue weighted by atomic mass is 19.4. The van der Waals surface area contributed by atoms with E-state index in [0.717, 1.165) is 26.7 Å². The lowest BCUT2D eigenvalue weighted by molar-refractivity contribution is -0.213. The van der Waals surface area contributed by atoms with Gasteiger partial charge in [0.25, 0.3) is 0 Å². The van der Waals surface area contributed by atoms with Crippen molar-refractivity contribution < 1.29 is 27.4 Å². The zero-order valence-electron chi connectivity index (χ0n) is 13.7. The van der Waals surface area contributed by atoms with E-state index in [-0.39, 0.29) is 19.0 Å². The molecule has 134 valence electrons. The molecule has 0 aromatic rings. The second-order valence-electron chi connectivity index (χ2n) is 6.97. The summed E-state index contributed by atoms with van der Waals surface area (Å²) in [4.78, 5) is 13.8. The smallest absolute Gasteiger partial charge is 0.378 e. The Kier molecular flexibility index (Phi) is 5.45. The van der Waals surface area contributed by atoms with Crippen LogP contribution in [-0.2, 0) is 9.47 Å². The Bertz CT molecular complexity index is 415. The molecule has 1 N–H and O–H groups in total. The first-order valence-corrected chi connectivity index (χ1v) is 7.97. The first-order chi connectivity index (χ1) is 10.7. The highest BCUT2D eigenvalue weighted by Gasteiger charge is 2.46. The molecule has 2 rings (SSSR count). The van der Waals surface area contributed by atoms with Crippen LogP contribution in [0.1, 0.15) is 33.1 Å². The molecule has 2 amide bonds. The van der Waals surface area contributed by atoms with Gasteiger partial charge in [-0.05, 0) is 19.3 Å². The van der Waals surface area contributed by atoms with Crippen LogP contribution in [0.5, 0.6) is 0 Å². The maximum Gasteiger partial charge on any atom is 0.394 e. The molecule has 0 aromatic heterocycles. The van der Waals surface area contributed by atoms with Gasteiger partial charge in [-0.25, -0.2) is 4.79 Å². The average molecular weight is 338 g/mol. The molecule has 5 nitrogen and oxygen atoms in total. The predicted octanol–water partition coefficient (Wildman–Crippen LogP) is 2.56. The predicted molar refractivity (Wildman–Crippen MR) is 78.2 cm³/mol. The van der Waals surface area contributed by atoms with E-state index in [1.54, 1.807) is 4.90 Å². The van der Waals surface area contributed by atoms with Crippen LogP contribution in [0, 0.1) is 5.41 Å². The van der Waals surface area contributed by atoms with E-state index in [1.165, 1.54) is 0 Å². The van der Waals surface area contributed by atoms with Gasteiger partial charge in [-0.2, -0.15) is 13.2 Å². The van der Waals surface area contributed by atoms with Crippen LogP contribution in [0.4, 0.5) is 18.0 Å². The third kappa shape index (κ3) is 4.50. The van der Waals surface area contributed by atoms with Crippen molar-refractivity contribution in [2.45, 2.75) is 44.9 Å². The molecule has 0 saturated carbocycles. The summed E-state index contributed by atoms with van der Waals surface area (Å²) >= 11 is 0. The number of amides is 2. The third-order valence-corrected chi connectivity index (χ3v) is 4.62. The van der Waals surface area contributed by atoms with Gasteiger partial charge in [0, 0.05) is 19.7 Å². The molecule has 2 aliphatic rings. The van der Waals surface area contributed by atoms with Crippen molar-refractivity contribution >= 4 is 6.03 Å². The number of rotatable bonds is 3. The summed E-state index contributed by atoms with van der Waals surface area (Å²) in [5, 5.41) is 2.59. The minimum absolute atomic E-state index is 0.00774. The minimum atomic E-state index is -4.28. The number of hydrogen-bond donors (Lipinski definition) is 1. The number of nitrogens with one attached hydrogen (secondary N) is 1. The third-order valence-electron chi connectivity index (χ3n) is 4.62. The molecule has 0 aliphatic carbocycles. The number of hydrogen-bond acceptors (Lipinski definition) is 3. The standard InChI is InChI=1S/C15H25F3N2O3/c1-13(2,15(16,17)18)5-6-19-12(21)20-7-9-23-14(10-20)4-3-8-22-11-14/h3-11H2,1-2H3,(H,19,21). The van der Waals surface area contributed by atoms with Crippen LogP contribution in [0.15, 0.2) is 0 Å². The van der Waals surface area contributed by atoms with E-state index in [9.17, 15) is 18.0 Å². The molecule has 2 saturated heterocycles. The molecule has 8 heteroatoms. The number of urea groups is 1. The number of ether oxygens (including phenoxy) is 2. The summed E-state index contributed by atoms with van der Waals surface area (Å²) in [5.74, 6) is 0. The number of carbonyl (C=O) groups excluding carboxylic acids is 1. The van der Waals surface area contributed by atoms with Gasteiger partial charge >= 0.3 is 12.2 Å². The maximum atomic E-state index is 12.8. The number of carbonyl (C=O) groups is 1. The second kappa shape index (κ2) is 6.84. The lowest BCUT2D eigenvalue weighted by Crippen LogP contribution is -2.59. The Hall–Kier alpha value is -1.02. The summed E-state index contributed by atoms with van der Waals surface area (Å²) in [7, 11) is 0. The molecule has 1 spiro atoms. The van der Waals surface area contributed by atoms with E-state index in [0.29, 0.717) is 32.9 Å². The topological polar surface area (TPSA) is 50.8 Å². The van der Waals surface area contributed by atoms with Crippen LogP contribution >= 0.6 is 0 Å². The van der Waals surface area contributed by atoms with Crippen LogP contribution in [0.2, 0.25) is 0 Å². The molecule has 2 aliphatic heterocycles. The Balaban J connectivity index is 1.81. The minimum Gasteiger partial charge on any atom is -0.378 e. The van der Waals surface area contributed by atoms with Gasteiger partial charge in [-0.3, -0.25) is 0 Å². The van der Waals surface area contributed by atoms with Crippen molar-refractivity contribution in [1.82, 2.24) is 10.2 Å². The van der Waals surface area contributed by atoms with Crippen LogP contribution in [0.3, 0.4) is 0 Å². The number of morpholine rings is 1. The van der Waals surface area contributed by atoms with Gasteiger partial charge in [0.1, 0.15) is 5.60 Å². The summed E-state index contributed by atoms with van der Waals surface area (Å²) in [6, 6.07) is -0.337. The fourth-order valence-electron chi connectivity index (χ4n) is 2.82. The van der Waals surface area contributed by atoms with Crippen molar-refractivity contribution in [3.05, 3.63) is 0 Å². The molecule has 2 heterocycles. The zero-order valence-corrected chi connectivity index (χ0v) is 13.7. The summed E-state index contributed by atoms with van der Waals surface area (Å²) < 4.78 is 49.6. The summed E-state index contributed by atoms with van der Waals surface area (Å²) in [6.45, 7) is 4.71. The van der Waals surface area contributed by atoms with Crippen molar-refractivity contribution in [2.75, 3.05) is 39.5 Å². The first kappa shape index (κ1) is 18.3. The molecular formula is C15H25F3N2O3. The normalized spacial score (nSPS) is 26.4. The van der Waals surface area contributed by atoms with Gasteiger partial charge in [-0.1, -0.05) is 13.8 Å². The Morgan fingerprint density at radius 2 is 2.04 bits per heavy atom. The SMILES string of the molecule is CC(C)(CCNC(=O)N1CCOC2(CCCOC2)C1)C(F)(F)F. The fraction of sp³-hybridized carbons (Fsp3) is 0.933. The highest BCUT2D eigenvalue weighted by Crippen LogP contribution is 2.39. The zero-order chi connectivity index (χ0) is 17.1. The van der Waals surface area contributed by atoms with Gasteiger partial charge in [0.05, 0.1) is 25.2 Å². The van der Waals surface area contributed by atoms with Crippen molar-refractivity contribution in [2.24, 2.45) is 5.41 Å². The molecule has 0 bridgehead atoms. The van der Waals surface area contributed by atoms with Crippen LogP contribution in [0.25, 0.3) is 0 Å². The lowest BCUT2D eigenvalue weighted by atomic mass is 9.88. The van der Waals surface area contributed by atoms with E-state index in [4.69, 9.17) is 9.47 Å². The Labute approximate surface area is 134 Å². The van der Waals surface area contributed by atoms with Crippen LogP contribution in [-0.4, -0.2) is 62.2 Å². The Morgan fingerprint density at radius 3 is 2.65 bits per heavy atom. The number of alkyl halides is 3. The largest absolute Gasteiger partial charge is 0.394 e. The van der Waals surface area contributed by atoms with Gasteiger partial charge in [0.15, 0.2) is 0 Å². The molecule has 0 radical (unpaired) electrons. The molecular weight excluding hydrogens is 313 g/mol. The first-order valence-electron chi connectivity index (χ1n) is 7.97. The molecule has 2 fully saturated rings. The summed E-state index contributed by atoms with van der Waals surface area (Å²) in [6.07, 6.45) is -2.71. The van der Waals surface area contributed by atoms with Crippen LogP contribution < -0.4 is 5.32 Å². The maximum absolute atomic E-state index is 12.8. The van der Waals surface area contributed by atoms with E-state index in [2.05, 4.69) is 5.32 Å². The summed E-state index contributed by atoms with van der Waals surface area (Å²) in [5.41, 5.74) is -2.27. The molecule has 1 unspecified atom stereocenters. The molecule has 0 aromatic carbocycles. The molecule has 23 heavy (non-hydrogen) atoms. The van der Waals surface area contributed by atoms with E-state index in [1.807, 2.05) is 0 Å². The van der Waals surface area contributed by atoms with Crippen molar-refractivity contribution in [1.29, 1.82) is 0 Å². The second-order valence-corrected chi connectivity index (χ2v) is 6.97. The monoisotopic (exact) mass is 338 g/mol.